The maximum absolute atomic E-state index is 13.4. The Bertz CT molecular complexity index is 512. The lowest BCUT2D eigenvalue weighted by Crippen LogP contribution is -2.26. The van der Waals surface area contributed by atoms with Crippen molar-refractivity contribution >= 4 is 5.97 Å². The topological polar surface area (TPSA) is 48.0 Å². The lowest BCUT2D eigenvalue weighted by atomic mass is 9.96. The van der Waals surface area contributed by atoms with Gasteiger partial charge in [-0.15, -0.1) is 0 Å². The van der Waals surface area contributed by atoms with Crippen LogP contribution in [0.3, 0.4) is 0 Å². The Morgan fingerprint density at radius 3 is 2.76 bits per heavy atom. The molecule has 1 aromatic rings. The van der Waals surface area contributed by atoms with Crippen LogP contribution in [-0.2, 0) is 19.1 Å². The molecule has 2 atom stereocenters. The number of hydroxylamine groups is 2. The molecule has 2 rings (SSSR count). The number of hydrogen-bond acceptors (Lipinski definition) is 5. The lowest BCUT2D eigenvalue weighted by Gasteiger charge is -2.17. The van der Waals surface area contributed by atoms with Gasteiger partial charge in [0.05, 0.1) is 13.7 Å². The Morgan fingerprint density at radius 2 is 2.14 bits per heavy atom. The maximum Gasteiger partial charge on any atom is 0.313 e. The molecule has 0 N–H and O–H groups in total. The van der Waals surface area contributed by atoms with Gasteiger partial charge in [0.2, 0.25) is 0 Å². The highest BCUT2D eigenvalue weighted by Crippen LogP contribution is 2.35. The highest BCUT2D eigenvalue weighted by molar-refractivity contribution is 5.73. The zero-order chi connectivity index (χ0) is 15.4. The first kappa shape index (κ1) is 15.8. The third kappa shape index (κ3) is 3.55. The minimum absolute atomic E-state index is 0.305. The molecule has 1 heterocycles. The van der Waals surface area contributed by atoms with E-state index in [1.807, 2.05) is 0 Å². The van der Waals surface area contributed by atoms with Crippen molar-refractivity contribution in [2.24, 2.45) is 5.92 Å². The average Bonchev–Trinajstić information content (AvgIpc) is 2.91. The molecule has 0 radical (unpaired) electrons. The van der Waals surface area contributed by atoms with E-state index in [2.05, 4.69) is 0 Å². The van der Waals surface area contributed by atoms with Gasteiger partial charge in [0.1, 0.15) is 12.0 Å². The van der Waals surface area contributed by atoms with Crippen LogP contribution in [0.4, 0.5) is 8.78 Å². The van der Waals surface area contributed by atoms with Gasteiger partial charge < -0.3 is 9.47 Å². The zero-order valence-electron chi connectivity index (χ0n) is 11.8. The molecule has 0 spiro atoms. The highest BCUT2D eigenvalue weighted by atomic mass is 19.2. The van der Waals surface area contributed by atoms with E-state index < -0.39 is 29.6 Å². The molecule has 0 amide bonds. The molecule has 1 aliphatic heterocycles. The van der Waals surface area contributed by atoms with E-state index in [4.69, 9.17) is 14.3 Å². The van der Waals surface area contributed by atoms with Crippen LogP contribution in [0.1, 0.15) is 11.7 Å². The van der Waals surface area contributed by atoms with Gasteiger partial charge in [0, 0.05) is 20.2 Å². The SMILES string of the molecule is COCCN1C[C@@H](C(=O)OC)C(c2ccc(F)c(F)c2)O1. The average molecular weight is 301 g/mol. The summed E-state index contributed by atoms with van der Waals surface area (Å²) >= 11 is 0. The van der Waals surface area contributed by atoms with Crippen LogP contribution in [0.15, 0.2) is 18.2 Å². The molecule has 21 heavy (non-hydrogen) atoms. The van der Waals surface area contributed by atoms with Crippen molar-refractivity contribution < 1.29 is 27.9 Å². The Balaban J connectivity index is 2.20. The van der Waals surface area contributed by atoms with Crippen molar-refractivity contribution in [2.45, 2.75) is 6.10 Å². The van der Waals surface area contributed by atoms with E-state index >= 15 is 0 Å². The first-order chi connectivity index (χ1) is 10.1. The molecular weight excluding hydrogens is 284 g/mol. The van der Waals surface area contributed by atoms with Crippen LogP contribution in [0, 0.1) is 17.6 Å². The largest absolute Gasteiger partial charge is 0.469 e. The second-order valence-corrected chi connectivity index (χ2v) is 4.71. The summed E-state index contributed by atoms with van der Waals surface area (Å²) in [5.74, 6) is -2.97. The van der Waals surface area contributed by atoms with Gasteiger partial charge in [-0.1, -0.05) is 6.07 Å². The fourth-order valence-electron chi connectivity index (χ4n) is 2.26. The van der Waals surface area contributed by atoms with Crippen molar-refractivity contribution in [3.8, 4) is 0 Å². The van der Waals surface area contributed by atoms with E-state index in [1.165, 1.54) is 13.2 Å². The number of esters is 1. The zero-order valence-corrected chi connectivity index (χ0v) is 11.8. The number of nitrogens with zero attached hydrogens (tertiary/aromatic N) is 1. The Labute approximate surface area is 121 Å². The second kappa shape index (κ2) is 6.93. The predicted molar refractivity (Wildman–Crippen MR) is 69.1 cm³/mol. The molecule has 5 nitrogen and oxygen atoms in total. The standard InChI is InChI=1S/C14H17F2NO4/c1-19-6-5-17-8-10(14(18)20-2)13(21-17)9-3-4-11(15)12(16)7-9/h3-4,7,10,13H,5-6,8H2,1-2H3/t10-,13?/m1/s1. The number of ether oxygens (including phenoxy) is 2. The number of halogens is 2. The number of carbonyl (C=O) groups excluding carboxylic acids is 1. The fourth-order valence-corrected chi connectivity index (χ4v) is 2.26. The monoisotopic (exact) mass is 301 g/mol. The van der Waals surface area contributed by atoms with Crippen LogP contribution in [0.2, 0.25) is 0 Å². The summed E-state index contributed by atoms with van der Waals surface area (Å²) in [5.41, 5.74) is 0.393. The molecule has 0 aromatic heterocycles. The number of carbonyl (C=O) groups is 1. The van der Waals surface area contributed by atoms with E-state index in [9.17, 15) is 13.6 Å². The predicted octanol–water partition coefficient (Wildman–Crippen LogP) is 1.69. The van der Waals surface area contributed by atoms with Crippen molar-refractivity contribution in [1.29, 1.82) is 0 Å². The summed E-state index contributed by atoms with van der Waals surface area (Å²) in [6.45, 7) is 1.20. The third-order valence-electron chi connectivity index (χ3n) is 3.35. The lowest BCUT2D eigenvalue weighted by molar-refractivity contribution is -0.160. The summed E-state index contributed by atoms with van der Waals surface area (Å²) in [6.07, 6.45) is -0.704. The number of rotatable bonds is 5. The van der Waals surface area contributed by atoms with Crippen LogP contribution in [0.5, 0.6) is 0 Å². The van der Waals surface area contributed by atoms with Crippen LogP contribution in [-0.4, -0.2) is 44.9 Å². The van der Waals surface area contributed by atoms with Gasteiger partial charge in [-0.25, -0.2) is 8.78 Å². The van der Waals surface area contributed by atoms with E-state index in [1.54, 1.807) is 12.2 Å². The highest BCUT2D eigenvalue weighted by Gasteiger charge is 2.41. The summed E-state index contributed by atoms with van der Waals surface area (Å²) in [6, 6.07) is 3.45. The summed E-state index contributed by atoms with van der Waals surface area (Å²) < 4.78 is 36.1. The molecule has 0 aliphatic carbocycles. The molecule has 0 bridgehead atoms. The van der Waals surface area contributed by atoms with Crippen molar-refractivity contribution in [3.63, 3.8) is 0 Å². The minimum atomic E-state index is -0.977. The molecular formula is C14H17F2NO4. The van der Waals surface area contributed by atoms with Gasteiger partial charge in [-0.3, -0.25) is 9.63 Å². The van der Waals surface area contributed by atoms with E-state index in [0.717, 1.165) is 12.1 Å². The normalized spacial score (nSPS) is 22.5. The van der Waals surface area contributed by atoms with Crippen LogP contribution >= 0.6 is 0 Å². The van der Waals surface area contributed by atoms with Gasteiger partial charge in [0.25, 0.3) is 0 Å². The van der Waals surface area contributed by atoms with Crippen molar-refractivity contribution in [1.82, 2.24) is 5.06 Å². The van der Waals surface area contributed by atoms with E-state index in [0.29, 0.717) is 25.3 Å². The number of methoxy groups -OCH3 is 2. The van der Waals surface area contributed by atoms with Crippen molar-refractivity contribution in [2.75, 3.05) is 33.9 Å². The van der Waals surface area contributed by atoms with Crippen LogP contribution in [0.25, 0.3) is 0 Å². The summed E-state index contributed by atoms with van der Waals surface area (Å²) in [4.78, 5) is 17.5. The third-order valence-corrected chi connectivity index (χ3v) is 3.35. The van der Waals surface area contributed by atoms with Gasteiger partial charge in [-0.2, -0.15) is 5.06 Å². The number of benzene rings is 1. The molecule has 1 unspecified atom stereocenters. The smallest absolute Gasteiger partial charge is 0.313 e. The molecule has 1 saturated heterocycles. The summed E-state index contributed by atoms with van der Waals surface area (Å²) in [5, 5.41) is 1.57. The van der Waals surface area contributed by atoms with Gasteiger partial charge >= 0.3 is 5.97 Å². The maximum atomic E-state index is 13.4. The van der Waals surface area contributed by atoms with Gasteiger partial charge in [-0.05, 0) is 17.7 Å². The first-order valence-corrected chi connectivity index (χ1v) is 6.50. The van der Waals surface area contributed by atoms with Crippen molar-refractivity contribution in [3.05, 3.63) is 35.4 Å². The Hall–Kier alpha value is -1.57. The minimum Gasteiger partial charge on any atom is -0.469 e. The van der Waals surface area contributed by atoms with E-state index in [-0.39, 0.29) is 0 Å². The Morgan fingerprint density at radius 1 is 1.38 bits per heavy atom. The molecule has 116 valence electrons. The number of hydrogen-bond donors (Lipinski definition) is 0. The summed E-state index contributed by atoms with van der Waals surface area (Å²) in [7, 11) is 2.84. The van der Waals surface area contributed by atoms with Crippen LogP contribution < -0.4 is 0 Å². The molecule has 0 saturated carbocycles. The quantitative estimate of drug-likeness (QED) is 0.775. The Kier molecular flexibility index (Phi) is 5.22. The first-order valence-electron chi connectivity index (χ1n) is 6.50. The molecule has 1 aromatic carbocycles. The molecule has 1 fully saturated rings. The second-order valence-electron chi connectivity index (χ2n) is 4.71. The molecule has 7 heteroatoms. The van der Waals surface area contributed by atoms with Gasteiger partial charge in [0.15, 0.2) is 11.6 Å². The molecule has 1 aliphatic rings. The fraction of sp³-hybridized carbons (Fsp3) is 0.500.